The van der Waals surface area contributed by atoms with Gasteiger partial charge in [-0.05, 0) is 49.4 Å². The lowest BCUT2D eigenvalue weighted by Gasteiger charge is -2.21. The Morgan fingerprint density at radius 1 is 1.18 bits per heavy atom. The molecule has 1 amide bonds. The number of ether oxygens (including phenoxy) is 2. The number of fused-ring (bicyclic) bond motifs is 1. The summed E-state index contributed by atoms with van der Waals surface area (Å²) in [4.78, 5) is 21.7. The molecule has 0 spiro atoms. The van der Waals surface area contributed by atoms with Crippen molar-refractivity contribution in [2.24, 2.45) is 0 Å². The van der Waals surface area contributed by atoms with Crippen LogP contribution in [0.15, 0.2) is 47.8 Å². The first-order valence-electron chi connectivity index (χ1n) is 10.7. The van der Waals surface area contributed by atoms with E-state index in [1.807, 2.05) is 12.1 Å². The van der Waals surface area contributed by atoms with Crippen molar-refractivity contribution in [3.8, 4) is 28.7 Å². The maximum Gasteiger partial charge on any atom is 0.234 e. The third-order valence-electron chi connectivity index (χ3n) is 5.51. The van der Waals surface area contributed by atoms with E-state index >= 15 is 0 Å². The van der Waals surface area contributed by atoms with Crippen molar-refractivity contribution in [2.45, 2.75) is 30.7 Å². The van der Waals surface area contributed by atoms with Crippen LogP contribution in [0.4, 0.5) is 5.69 Å². The zero-order valence-corrected chi connectivity index (χ0v) is 19.4. The predicted molar refractivity (Wildman–Crippen MR) is 128 cm³/mol. The molecule has 0 bridgehead atoms. The predicted octanol–water partition coefficient (Wildman–Crippen LogP) is 4.64. The summed E-state index contributed by atoms with van der Waals surface area (Å²) in [6.45, 7) is 0. The van der Waals surface area contributed by atoms with Crippen molar-refractivity contribution in [3.05, 3.63) is 59.5 Å². The van der Waals surface area contributed by atoms with Crippen molar-refractivity contribution in [1.82, 2.24) is 9.97 Å². The number of amides is 1. The molecule has 1 aromatic carbocycles. The molecule has 0 radical (unpaired) electrons. The van der Waals surface area contributed by atoms with E-state index < -0.39 is 0 Å². The van der Waals surface area contributed by atoms with Gasteiger partial charge in [-0.15, -0.1) is 0 Å². The van der Waals surface area contributed by atoms with Gasteiger partial charge in [0, 0.05) is 41.0 Å². The molecule has 33 heavy (non-hydrogen) atoms. The summed E-state index contributed by atoms with van der Waals surface area (Å²) in [5.41, 5.74) is 5.07. The van der Waals surface area contributed by atoms with Crippen LogP contribution >= 0.6 is 11.8 Å². The van der Waals surface area contributed by atoms with Crippen LogP contribution in [0.2, 0.25) is 0 Å². The summed E-state index contributed by atoms with van der Waals surface area (Å²) in [5.74, 6) is 1.05. The van der Waals surface area contributed by atoms with Crippen LogP contribution < -0.4 is 14.8 Å². The van der Waals surface area contributed by atoms with Crippen LogP contribution in [-0.2, 0) is 17.6 Å². The molecular weight excluding hydrogens is 436 g/mol. The molecule has 3 aromatic rings. The number of nitriles is 1. The van der Waals surface area contributed by atoms with Gasteiger partial charge in [-0.3, -0.25) is 9.78 Å². The standard InChI is InChI=1S/C25H24N4O3S/c1-31-21-10-9-17(12-22(21)32-2)28-23(30)15-33-25-19(13-26)24(16-6-5-11-27-14-16)18-7-3-4-8-20(18)29-25/h5-6,9-12,14H,3-4,7-8,15H2,1-2H3,(H,28,30). The van der Waals surface area contributed by atoms with Gasteiger partial charge in [0.15, 0.2) is 11.5 Å². The van der Waals surface area contributed by atoms with Crippen LogP contribution in [-0.4, -0.2) is 35.8 Å². The van der Waals surface area contributed by atoms with Crippen LogP contribution in [0.25, 0.3) is 11.1 Å². The highest BCUT2D eigenvalue weighted by Gasteiger charge is 2.23. The minimum absolute atomic E-state index is 0.126. The zero-order valence-electron chi connectivity index (χ0n) is 18.6. The number of aromatic nitrogens is 2. The number of nitrogens with one attached hydrogen (secondary N) is 1. The van der Waals surface area contributed by atoms with Crippen LogP contribution in [0, 0.1) is 11.3 Å². The molecule has 0 saturated heterocycles. The van der Waals surface area contributed by atoms with Crippen molar-refractivity contribution >= 4 is 23.4 Å². The lowest BCUT2D eigenvalue weighted by Crippen LogP contribution is -2.15. The Morgan fingerprint density at radius 2 is 2.00 bits per heavy atom. The van der Waals surface area contributed by atoms with Gasteiger partial charge >= 0.3 is 0 Å². The maximum absolute atomic E-state index is 12.7. The fourth-order valence-electron chi connectivity index (χ4n) is 4.00. The fourth-order valence-corrected chi connectivity index (χ4v) is 4.81. The van der Waals surface area contributed by atoms with Crippen molar-refractivity contribution in [3.63, 3.8) is 0 Å². The number of rotatable bonds is 7. The summed E-state index contributed by atoms with van der Waals surface area (Å²) in [6.07, 6.45) is 7.42. The highest BCUT2D eigenvalue weighted by molar-refractivity contribution is 8.00. The summed E-state index contributed by atoms with van der Waals surface area (Å²) >= 11 is 1.28. The third kappa shape index (κ3) is 4.94. The number of pyridine rings is 2. The van der Waals surface area contributed by atoms with Crippen molar-refractivity contribution in [2.75, 3.05) is 25.3 Å². The lowest BCUT2D eigenvalue weighted by atomic mass is 9.87. The molecule has 2 heterocycles. The highest BCUT2D eigenvalue weighted by atomic mass is 32.2. The molecular formula is C25H24N4O3S. The highest BCUT2D eigenvalue weighted by Crippen LogP contribution is 2.37. The number of hydrogen-bond acceptors (Lipinski definition) is 7. The van der Waals surface area contributed by atoms with Gasteiger partial charge in [0.05, 0.1) is 25.5 Å². The molecule has 4 rings (SSSR count). The Kier molecular flexibility index (Phi) is 7.10. The molecule has 0 aliphatic heterocycles. The van der Waals surface area contributed by atoms with E-state index in [1.54, 1.807) is 44.8 Å². The third-order valence-corrected chi connectivity index (χ3v) is 6.49. The first-order valence-corrected chi connectivity index (χ1v) is 11.6. The number of thioether (sulfide) groups is 1. The van der Waals surface area contributed by atoms with Gasteiger partial charge in [-0.25, -0.2) is 4.98 Å². The van der Waals surface area contributed by atoms with Crippen molar-refractivity contribution < 1.29 is 14.3 Å². The summed E-state index contributed by atoms with van der Waals surface area (Å²) in [6, 6.07) is 11.4. The molecule has 0 unspecified atom stereocenters. The largest absolute Gasteiger partial charge is 0.493 e. The number of anilines is 1. The smallest absolute Gasteiger partial charge is 0.234 e. The average Bonchev–Trinajstić information content (AvgIpc) is 2.86. The summed E-state index contributed by atoms with van der Waals surface area (Å²) in [7, 11) is 3.11. The van der Waals surface area contributed by atoms with E-state index in [-0.39, 0.29) is 11.7 Å². The maximum atomic E-state index is 12.7. The number of nitrogens with zero attached hydrogens (tertiary/aromatic N) is 3. The average molecular weight is 461 g/mol. The Bertz CT molecular complexity index is 1210. The Labute approximate surface area is 197 Å². The van der Waals surface area contributed by atoms with Gasteiger partial charge < -0.3 is 14.8 Å². The molecule has 0 saturated carbocycles. The number of benzene rings is 1. The minimum Gasteiger partial charge on any atom is -0.493 e. The van der Waals surface area contributed by atoms with E-state index in [1.165, 1.54) is 11.8 Å². The fraction of sp³-hybridized carbons (Fsp3) is 0.280. The van der Waals surface area contributed by atoms with E-state index in [4.69, 9.17) is 14.5 Å². The van der Waals surface area contributed by atoms with Crippen molar-refractivity contribution in [1.29, 1.82) is 5.26 Å². The number of carbonyl (C=O) groups is 1. The van der Waals surface area contributed by atoms with Gasteiger partial charge in [-0.1, -0.05) is 17.8 Å². The SMILES string of the molecule is COc1ccc(NC(=O)CSc2nc3c(c(-c4cccnc4)c2C#N)CCCC3)cc1OC. The van der Waals surface area contributed by atoms with Crippen LogP contribution in [0.1, 0.15) is 29.7 Å². The number of methoxy groups -OCH3 is 2. The molecule has 0 fully saturated rings. The lowest BCUT2D eigenvalue weighted by molar-refractivity contribution is -0.113. The first kappa shape index (κ1) is 22.6. The Morgan fingerprint density at radius 3 is 2.73 bits per heavy atom. The number of hydrogen-bond donors (Lipinski definition) is 1. The Hall–Kier alpha value is -3.57. The second-order valence-electron chi connectivity index (χ2n) is 7.56. The van der Waals surface area contributed by atoms with Gasteiger partial charge in [0.25, 0.3) is 0 Å². The molecule has 7 nitrogen and oxygen atoms in total. The summed E-state index contributed by atoms with van der Waals surface area (Å²) < 4.78 is 10.5. The molecule has 168 valence electrons. The molecule has 0 atom stereocenters. The first-order chi connectivity index (χ1) is 16.1. The Balaban J connectivity index is 1.58. The number of carbonyl (C=O) groups excluding carboxylic acids is 1. The molecule has 2 aromatic heterocycles. The second kappa shape index (κ2) is 10.4. The molecule has 1 aliphatic rings. The molecule has 1 N–H and O–H groups in total. The normalized spacial score (nSPS) is 12.4. The quantitative estimate of drug-likeness (QED) is 0.513. The minimum atomic E-state index is -0.196. The topological polar surface area (TPSA) is 97.1 Å². The van der Waals surface area contributed by atoms with Gasteiger partial charge in [0.1, 0.15) is 11.1 Å². The molecule has 1 aliphatic carbocycles. The van der Waals surface area contributed by atoms with E-state index in [0.29, 0.717) is 27.8 Å². The van der Waals surface area contributed by atoms with Crippen LogP contribution in [0.5, 0.6) is 11.5 Å². The summed E-state index contributed by atoms with van der Waals surface area (Å²) in [5, 5.41) is 13.5. The van der Waals surface area contributed by atoms with E-state index in [0.717, 1.165) is 48.1 Å². The molecule has 8 heteroatoms. The zero-order chi connectivity index (χ0) is 23.2. The van der Waals surface area contributed by atoms with Gasteiger partial charge in [-0.2, -0.15) is 5.26 Å². The second-order valence-corrected chi connectivity index (χ2v) is 8.52. The number of aryl methyl sites for hydroxylation is 1. The monoisotopic (exact) mass is 460 g/mol. The van der Waals surface area contributed by atoms with E-state index in [9.17, 15) is 10.1 Å². The van der Waals surface area contributed by atoms with E-state index in [2.05, 4.69) is 16.4 Å². The van der Waals surface area contributed by atoms with Gasteiger partial charge in [0.2, 0.25) is 5.91 Å². The van der Waals surface area contributed by atoms with Crippen LogP contribution in [0.3, 0.4) is 0 Å².